The summed E-state index contributed by atoms with van der Waals surface area (Å²) in [5.74, 6) is 0. The van der Waals surface area contributed by atoms with Gasteiger partial charge in [-0.25, -0.2) is 17.2 Å². The zero-order valence-electron chi connectivity index (χ0n) is 8.24. The van der Waals surface area contributed by atoms with Crippen LogP contribution in [0, 0.1) is 6.92 Å². The highest BCUT2D eigenvalue weighted by atomic mass is 32.2. The number of nitrogens with one attached hydrogen (secondary N) is 1. The van der Waals surface area contributed by atoms with E-state index in [2.05, 4.69) is 10.2 Å². The first-order valence-corrected chi connectivity index (χ1v) is 5.54. The van der Waals surface area contributed by atoms with Gasteiger partial charge in [-0.2, -0.15) is 9.40 Å². The summed E-state index contributed by atoms with van der Waals surface area (Å²) in [6, 6.07) is 0. The average Bonchev–Trinajstić information content (AvgIpc) is 2.50. The predicted octanol–water partition coefficient (Wildman–Crippen LogP) is 0.604. The number of hydrogen-bond donors (Lipinski definition) is 1. The van der Waals surface area contributed by atoms with E-state index < -0.39 is 23.0 Å². The molecule has 0 bridgehead atoms. The Labute approximate surface area is 86.1 Å². The Morgan fingerprint density at radius 3 is 2.60 bits per heavy atom. The van der Waals surface area contributed by atoms with Crippen LogP contribution < -0.4 is 0 Å². The minimum absolute atomic E-state index is 0.0781. The molecule has 0 fully saturated rings. The molecule has 1 heterocycles. The highest BCUT2D eigenvalue weighted by molar-refractivity contribution is 7.89. The number of halogens is 2. The van der Waals surface area contributed by atoms with Crippen molar-refractivity contribution in [3.05, 3.63) is 11.9 Å². The Kier molecular flexibility index (Phi) is 3.40. The van der Waals surface area contributed by atoms with Crippen LogP contribution in [0.1, 0.15) is 5.69 Å². The summed E-state index contributed by atoms with van der Waals surface area (Å²) in [4.78, 5) is -0.0781. The lowest BCUT2D eigenvalue weighted by Gasteiger charge is -2.15. The van der Waals surface area contributed by atoms with Gasteiger partial charge >= 0.3 is 0 Å². The fourth-order valence-corrected chi connectivity index (χ4v) is 2.32. The lowest BCUT2D eigenvalue weighted by molar-refractivity contribution is 0.126. The lowest BCUT2D eigenvalue weighted by Crippen LogP contribution is -2.31. The molecule has 1 rings (SSSR count). The molecule has 0 atom stereocenters. The molecular formula is C7H11F2N3O2S. The van der Waals surface area contributed by atoms with Crippen LogP contribution in [0.15, 0.2) is 11.1 Å². The van der Waals surface area contributed by atoms with Gasteiger partial charge in [-0.15, -0.1) is 0 Å². The molecule has 0 spiro atoms. The number of alkyl halides is 2. The number of sulfonamides is 1. The van der Waals surface area contributed by atoms with Crippen molar-refractivity contribution in [3.63, 3.8) is 0 Å². The van der Waals surface area contributed by atoms with Gasteiger partial charge in [-0.05, 0) is 6.92 Å². The number of aryl methyl sites for hydroxylation is 1. The number of nitrogens with zero attached hydrogens (tertiary/aromatic N) is 2. The summed E-state index contributed by atoms with van der Waals surface area (Å²) >= 11 is 0. The smallest absolute Gasteiger partial charge is 0.252 e. The quantitative estimate of drug-likeness (QED) is 0.836. The van der Waals surface area contributed by atoms with Gasteiger partial charge in [-0.3, -0.25) is 5.10 Å². The molecule has 0 saturated carbocycles. The van der Waals surface area contributed by atoms with Crippen LogP contribution in [0.2, 0.25) is 0 Å². The van der Waals surface area contributed by atoms with Crippen molar-refractivity contribution >= 4 is 10.0 Å². The van der Waals surface area contributed by atoms with Gasteiger partial charge in [0.2, 0.25) is 10.0 Å². The maximum atomic E-state index is 12.0. The molecule has 86 valence electrons. The van der Waals surface area contributed by atoms with Gasteiger partial charge in [0.05, 0.1) is 18.4 Å². The average molecular weight is 239 g/mol. The van der Waals surface area contributed by atoms with Crippen LogP contribution in [0.25, 0.3) is 0 Å². The second-order valence-electron chi connectivity index (χ2n) is 3.04. The first kappa shape index (κ1) is 12.1. The number of H-pyrrole nitrogens is 1. The Morgan fingerprint density at radius 2 is 2.20 bits per heavy atom. The third-order valence-electron chi connectivity index (χ3n) is 1.87. The van der Waals surface area contributed by atoms with Crippen molar-refractivity contribution < 1.29 is 17.2 Å². The van der Waals surface area contributed by atoms with E-state index in [0.717, 1.165) is 13.2 Å². The van der Waals surface area contributed by atoms with Crippen LogP contribution in [0.4, 0.5) is 8.78 Å². The summed E-state index contributed by atoms with van der Waals surface area (Å²) in [6.45, 7) is 0.684. The number of rotatable bonds is 4. The second-order valence-corrected chi connectivity index (χ2v) is 5.05. The summed E-state index contributed by atoms with van der Waals surface area (Å²) in [5, 5.41) is 5.97. The van der Waals surface area contributed by atoms with Gasteiger partial charge in [-0.1, -0.05) is 0 Å². The van der Waals surface area contributed by atoms with Gasteiger partial charge in [0.1, 0.15) is 4.90 Å². The molecule has 1 aromatic rings. The Bertz CT molecular complexity index is 429. The molecule has 0 aromatic carbocycles. The largest absolute Gasteiger partial charge is 0.281 e. The van der Waals surface area contributed by atoms with E-state index in [1.165, 1.54) is 6.92 Å². The number of hydrogen-bond acceptors (Lipinski definition) is 3. The topological polar surface area (TPSA) is 66.1 Å². The molecule has 0 amide bonds. The second kappa shape index (κ2) is 4.23. The van der Waals surface area contributed by atoms with E-state index in [1.807, 2.05) is 0 Å². The standard InChI is InChI=1S/C7H11F2N3O2S/c1-5-6(3-10-11-5)15(13,14)12(2)4-7(8)9/h3,7H,4H2,1-2H3,(H,10,11). The minimum Gasteiger partial charge on any atom is -0.281 e. The van der Waals surface area contributed by atoms with Crippen LogP contribution in [0.3, 0.4) is 0 Å². The van der Waals surface area contributed by atoms with E-state index in [1.54, 1.807) is 0 Å². The molecule has 0 aliphatic rings. The maximum Gasteiger partial charge on any atom is 0.252 e. The van der Waals surface area contributed by atoms with Gasteiger partial charge < -0.3 is 0 Å². The molecule has 0 aliphatic heterocycles. The van der Waals surface area contributed by atoms with Crippen molar-refractivity contribution in [2.24, 2.45) is 0 Å². The Morgan fingerprint density at radius 1 is 1.60 bits per heavy atom. The molecule has 15 heavy (non-hydrogen) atoms. The van der Waals surface area contributed by atoms with Crippen LogP contribution in [-0.2, 0) is 10.0 Å². The zero-order chi connectivity index (χ0) is 11.6. The van der Waals surface area contributed by atoms with Crippen molar-refractivity contribution in [2.75, 3.05) is 13.6 Å². The zero-order valence-corrected chi connectivity index (χ0v) is 9.05. The minimum atomic E-state index is -3.86. The monoisotopic (exact) mass is 239 g/mol. The van der Waals surface area contributed by atoms with Crippen molar-refractivity contribution in [1.29, 1.82) is 0 Å². The summed E-state index contributed by atoms with van der Waals surface area (Å²) in [7, 11) is -2.76. The number of aromatic amines is 1. The highest BCUT2D eigenvalue weighted by Gasteiger charge is 2.26. The molecule has 1 N–H and O–H groups in total. The molecule has 1 aromatic heterocycles. The van der Waals surface area contributed by atoms with E-state index >= 15 is 0 Å². The Balaban J connectivity index is 2.99. The third kappa shape index (κ3) is 2.51. The summed E-state index contributed by atoms with van der Waals surface area (Å²) in [6.07, 6.45) is -1.59. The first-order valence-electron chi connectivity index (χ1n) is 4.10. The fraction of sp³-hybridized carbons (Fsp3) is 0.571. The molecule has 8 heteroatoms. The van der Waals surface area contributed by atoms with Crippen LogP contribution in [-0.4, -0.2) is 42.9 Å². The van der Waals surface area contributed by atoms with E-state index in [4.69, 9.17) is 0 Å². The molecule has 0 saturated heterocycles. The predicted molar refractivity (Wildman–Crippen MR) is 49.1 cm³/mol. The van der Waals surface area contributed by atoms with Crippen molar-refractivity contribution in [1.82, 2.24) is 14.5 Å². The van der Waals surface area contributed by atoms with Gasteiger partial charge in [0.15, 0.2) is 0 Å². The van der Waals surface area contributed by atoms with E-state index in [0.29, 0.717) is 10.00 Å². The fourth-order valence-electron chi connectivity index (χ4n) is 1.06. The SMILES string of the molecule is Cc1[nH]ncc1S(=O)(=O)N(C)CC(F)F. The molecular weight excluding hydrogens is 228 g/mol. The Hall–Kier alpha value is -1.02. The van der Waals surface area contributed by atoms with Crippen molar-refractivity contribution in [3.8, 4) is 0 Å². The lowest BCUT2D eigenvalue weighted by atomic mass is 10.5. The molecule has 0 unspecified atom stereocenters. The van der Waals surface area contributed by atoms with E-state index in [9.17, 15) is 17.2 Å². The van der Waals surface area contributed by atoms with Crippen molar-refractivity contribution in [2.45, 2.75) is 18.2 Å². The normalized spacial score (nSPS) is 12.7. The summed E-state index contributed by atoms with van der Waals surface area (Å²) < 4.78 is 48.0. The first-order chi connectivity index (χ1) is 6.85. The highest BCUT2D eigenvalue weighted by Crippen LogP contribution is 2.16. The molecule has 5 nitrogen and oxygen atoms in total. The maximum absolute atomic E-state index is 12.0. The van der Waals surface area contributed by atoms with Crippen LogP contribution in [0.5, 0.6) is 0 Å². The van der Waals surface area contributed by atoms with Gasteiger partial charge in [0, 0.05) is 7.05 Å². The van der Waals surface area contributed by atoms with Gasteiger partial charge in [0.25, 0.3) is 6.43 Å². The number of aromatic nitrogens is 2. The van der Waals surface area contributed by atoms with Crippen LogP contribution >= 0.6 is 0 Å². The van der Waals surface area contributed by atoms with E-state index in [-0.39, 0.29) is 4.90 Å². The molecule has 0 radical (unpaired) electrons. The summed E-state index contributed by atoms with van der Waals surface area (Å²) in [5.41, 5.74) is 0.330. The third-order valence-corrected chi connectivity index (χ3v) is 3.80. The molecule has 0 aliphatic carbocycles.